The van der Waals surface area contributed by atoms with Gasteiger partial charge in [0.05, 0.1) is 12.2 Å². The van der Waals surface area contributed by atoms with Crippen molar-refractivity contribution in [2.24, 2.45) is 0 Å². The molecule has 1 unspecified atom stereocenters. The van der Waals surface area contributed by atoms with Crippen molar-refractivity contribution in [2.75, 3.05) is 6.54 Å². The number of nitrogens with one attached hydrogen (secondary N) is 1. The third-order valence-electron chi connectivity index (χ3n) is 3.13. The molecule has 1 fully saturated rings. The van der Waals surface area contributed by atoms with Crippen LogP contribution < -0.4 is 5.32 Å². The Morgan fingerprint density at radius 1 is 1.56 bits per heavy atom. The van der Waals surface area contributed by atoms with E-state index < -0.39 is 5.67 Å². The van der Waals surface area contributed by atoms with Crippen molar-refractivity contribution in [3.63, 3.8) is 0 Å². The minimum atomic E-state index is -1.31. The van der Waals surface area contributed by atoms with Crippen molar-refractivity contribution < 1.29 is 4.39 Å². The molecule has 1 saturated heterocycles. The average Bonchev–Trinajstić information content (AvgIpc) is 2.67. The summed E-state index contributed by atoms with van der Waals surface area (Å²) in [6.07, 6.45) is 5.34. The van der Waals surface area contributed by atoms with Crippen LogP contribution in [0.15, 0.2) is 12.3 Å². The highest BCUT2D eigenvalue weighted by Gasteiger charge is 2.24. The fraction of sp³-hybridized carbons (Fsp3) is 0.750. The molecule has 3 nitrogen and oxygen atoms in total. The summed E-state index contributed by atoms with van der Waals surface area (Å²) in [5.41, 5.74) is -0.648. The molecule has 0 bridgehead atoms. The number of nitrogens with zero attached hydrogens (tertiary/aromatic N) is 2. The van der Waals surface area contributed by atoms with E-state index in [-0.39, 0.29) is 0 Å². The summed E-state index contributed by atoms with van der Waals surface area (Å²) >= 11 is 0. The molecule has 90 valence electrons. The van der Waals surface area contributed by atoms with Gasteiger partial charge in [-0.25, -0.2) is 4.39 Å². The molecule has 1 aromatic heterocycles. The van der Waals surface area contributed by atoms with Crippen LogP contribution in [0.2, 0.25) is 0 Å². The lowest BCUT2D eigenvalue weighted by molar-refractivity contribution is 0.199. The van der Waals surface area contributed by atoms with Crippen molar-refractivity contribution >= 4 is 0 Å². The van der Waals surface area contributed by atoms with E-state index in [0.717, 1.165) is 19.5 Å². The van der Waals surface area contributed by atoms with E-state index in [0.29, 0.717) is 11.7 Å². The van der Waals surface area contributed by atoms with Gasteiger partial charge in [-0.05, 0) is 39.3 Å². The second kappa shape index (κ2) is 4.53. The number of alkyl halides is 1. The van der Waals surface area contributed by atoms with Gasteiger partial charge in [0.1, 0.15) is 5.67 Å². The normalized spacial score (nSPS) is 22.3. The SMILES string of the molecule is CC(C)(F)c1ccnn1CC1CCCCN1. The van der Waals surface area contributed by atoms with Gasteiger partial charge in [0.25, 0.3) is 0 Å². The van der Waals surface area contributed by atoms with Crippen LogP contribution >= 0.6 is 0 Å². The largest absolute Gasteiger partial charge is 0.312 e. The Morgan fingerprint density at radius 3 is 3.00 bits per heavy atom. The average molecular weight is 225 g/mol. The lowest BCUT2D eigenvalue weighted by atomic mass is 10.0. The molecule has 1 aliphatic heterocycles. The predicted molar refractivity (Wildman–Crippen MR) is 62.0 cm³/mol. The second-order valence-corrected chi connectivity index (χ2v) is 5.02. The molecule has 0 amide bonds. The molecule has 0 spiro atoms. The highest BCUT2D eigenvalue weighted by molar-refractivity contribution is 5.09. The summed E-state index contributed by atoms with van der Waals surface area (Å²) in [5.74, 6) is 0. The Balaban J connectivity index is 2.06. The Bertz CT molecular complexity index is 334. The minimum absolute atomic E-state index is 0.440. The molecule has 1 atom stereocenters. The fourth-order valence-electron chi connectivity index (χ4n) is 2.27. The molecule has 4 heteroatoms. The van der Waals surface area contributed by atoms with E-state index in [4.69, 9.17) is 0 Å². The molecule has 2 rings (SSSR count). The van der Waals surface area contributed by atoms with Gasteiger partial charge in [-0.15, -0.1) is 0 Å². The Morgan fingerprint density at radius 2 is 2.38 bits per heavy atom. The summed E-state index contributed by atoms with van der Waals surface area (Å²) in [6, 6.07) is 2.21. The summed E-state index contributed by atoms with van der Waals surface area (Å²) in [6.45, 7) is 5.00. The number of hydrogen-bond donors (Lipinski definition) is 1. The summed E-state index contributed by atoms with van der Waals surface area (Å²) < 4.78 is 15.7. The predicted octanol–water partition coefficient (Wildman–Crippen LogP) is 2.23. The maximum absolute atomic E-state index is 13.9. The van der Waals surface area contributed by atoms with Gasteiger partial charge in [-0.1, -0.05) is 6.42 Å². The fourth-order valence-corrected chi connectivity index (χ4v) is 2.27. The van der Waals surface area contributed by atoms with Crippen LogP contribution in [0.1, 0.15) is 38.8 Å². The molecule has 1 aromatic rings. The van der Waals surface area contributed by atoms with Crippen molar-refractivity contribution in [1.29, 1.82) is 0 Å². The first-order valence-corrected chi connectivity index (χ1v) is 6.02. The van der Waals surface area contributed by atoms with Crippen molar-refractivity contribution in [3.05, 3.63) is 18.0 Å². The van der Waals surface area contributed by atoms with E-state index in [9.17, 15) is 4.39 Å². The molecular weight excluding hydrogens is 205 g/mol. The van der Waals surface area contributed by atoms with Crippen molar-refractivity contribution in [3.8, 4) is 0 Å². The zero-order chi connectivity index (χ0) is 11.6. The zero-order valence-electron chi connectivity index (χ0n) is 10.0. The smallest absolute Gasteiger partial charge is 0.146 e. The first-order chi connectivity index (χ1) is 7.57. The van der Waals surface area contributed by atoms with Crippen LogP contribution in [0.3, 0.4) is 0 Å². The van der Waals surface area contributed by atoms with E-state index in [1.807, 2.05) is 0 Å². The summed E-state index contributed by atoms with van der Waals surface area (Å²) in [5, 5.41) is 7.67. The van der Waals surface area contributed by atoms with Crippen LogP contribution in [0.4, 0.5) is 4.39 Å². The number of aromatic nitrogens is 2. The number of rotatable bonds is 3. The third kappa shape index (κ3) is 2.61. The van der Waals surface area contributed by atoms with Crippen LogP contribution in [0, 0.1) is 0 Å². The number of piperidine rings is 1. The highest BCUT2D eigenvalue weighted by Crippen LogP contribution is 2.24. The number of hydrogen-bond acceptors (Lipinski definition) is 2. The lowest BCUT2D eigenvalue weighted by Crippen LogP contribution is -2.38. The molecule has 16 heavy (non-hydrogen) atoms. The molecule has 0 saturated carbocycles. The maximum atomic E-state index is 13.9. The molecule has 0 aromatic carbocycles. The molecular formula is C12H20FN3. The van der Waals surface area contributed by atoms with Crippen molar-refractivity contribution in [2.45, 2.75) is 51.4 Å². The van der Waals surface area contributed by atoms with E-state index in [2.05, 4.69) is 10.4 Å². The minimum Gasteiger partial charge on any atom is -0.312 e. The van der Waals surface area contributed by atoms with Gasteiger partial charge < -0.3 is 5.32 Å². The van der Waals surface area contributed by atoms with Gasteiger partial charge in [0, 0.05) is 12.2 Å². The lowest BCUT2D eigenvalue weighted by Gasteiger charge is -2.25. The Kier molecular flexibility index (Phi) is 3.28. The molecule has 1 N–H and O–H groups in total. The molecule has 0 radical (unpaired) electrons. The molecule has 1 aliphatic rings. The third-order valence-corrected chi connectivity index (χ3v) is 3.13. The quantitative estimate of drug-likeness (QED) is 0.855. The van der Waals surface area contributed by atoms with Gasteiger partial charge in [-0.3, -0.25) is 4.68 Å². The van der Waals surface area contributed by atoms with Crippen LogP contribution in [0.25, 0.3) is 0 Å². The number of halogens is 1. The van der Waals surface area contributed by atoms with Gasteiger partial charge >= 0.3 is 0 Å². The highest BCUT2D eigenvalue weighted by atomic mass is 19.1. The van der Waals surface area contributed by atoms with Crippen LogP contribution in [0.5, 0.6) is 0 Å². The van der Waals surface area contributed by atoms with E-state index >= 15 is 0 Å². The van der Waals surface area contributed by atoms with Gasteiger partial charge in [-0.2, -0.15) is 5.10 Å². The monoisotopic (exact) mass is 225 g/mol. The molecule has 2 heterocycles. The van der Waals surface area contributed by atoms with Crippen LogP contribution in [-0.4, -0.2) is 22.4 Å². The molecule has 0 aliphatic carbocycles. The Hall–Kier alpha value is -0.900. The second-order valence-electron chi connectivity index (χ2n) is 5.02. The Labute approximate surface area is 96.0 Å². The first kappa shape index (κ1) is 11.6. The maximum Gasteiger partial charge on any atom is 0.146 e. The standard InChI is InChI=1S/C12H20FN3/c1-12(2,13)11-6-8-15-16(11)9-10-5-3-4-7-14-10/h6,8,10,14H,3-5,7,9H2,1-2H3. The van der Waals surface area contributed by atoms with Gasteiger partial charge in [0.15, 0.2) is 0 Å². The summed E-state index contributed by atoms with van der Waals surface area (Å²) in [4.78, 5) is 0. The topological polar surface area (TPSA) is 29.9 Å². The van der Waals surface area contributed by atoms with E-state index in [1.54, 1.807) is 30.8 Å². The van der Waals surface area contributed by atoms with Gasteiger partial charge in [0.2, 0.25) is 0 Å². The van der Waals surface area contributed by atoms with Crippen LogP contribution in [-0.2, 0) is 12.2 Å². The zero-order valence-corrected chi connectivity index (χ0v) is 10.0. The van der Waals surface area contributed by atoms with Crippen molar-refractivity contribution in [1.82, 2.24) is 15.1 Å². The summed E-state index contributed by atoms with van der Waals surface area (Å²) in [7, 11) is 0. The van der Waals surface area contributed by atoms with E-state index in [1.165, 1.54) is 12.8 Å². The first-order valence-electron chi connectivity index (χ1n) is 6.02.